The van der Waals surface area contributed by atoms with Crippen molar-refractivity contribution in [2.45, 2.75) is 13.3 Å². The van der Waals surface area contributed by atoms with E-state index >= 15 is 0 Å². The second-order valence-electron chi connectivity index (χ2n) is 6.06. The predicted octanol–water partition coefficient (Wildman–Crippen LogP) is 1.03. The van der Waals surface area contributed by atoms with Crippen LogP contribution in [0.1, 0.15) is 12.0 Å². The van der Waals surface area contributed by atoms with Gasteiger partial charge in [-0.15, -0.1) is 0 Å². The fourth-order valence-electron chi connectivity index (χ4n) is 3.62. The molecule has 7 heteroatoms. The zero-order chi connectivity index (χ0) is 16.7. The number of nitrogens with one attached hydrogen (secondary N) is 1. The Kier molecular flexibility index (Phi) is 3.63. The van der Waals surface area contributed by atoms with Gasteiger partial charge in [0.1, 0.15) is 0 Å². The highest BCUT2D eigenvalue weighted by Crippen LogP contribution is 2.48. The first-order valence-corrected chi connectivity index (χ1v) is 7.33. The Morgan fingerprint density at radius 2 is 1.87 bits per heavy atom. The number of carboxylic acid groups (broad SMARTS) is 1. The first kappa shape index (κ1) is 15.2. The molecule has 1 N–H and O–H groups in total. The van der Waals surface area contributed by atoms with Gasteiger partial charge in [0.05, 0.1) is 10.8 Å². The summed E-state index contributed by atoms with van der Waals surface area (Å²) in [5.41, 5.74) is 0.941. The molecule has 1 saturated carbocycles. The number of fused-ring (bicyclic) bond motifs is 2. The van der Waals surface area contributed by atoms with Crippen molar-refractivity contribution in [2.24, 2.45) is 23.7 Å². The fourth-order valence-corrected chi connectivity index (χ4v) is 3.62. The Labute approximate surface area is 132 Å². The van der Waals surface area contributed by atoms with Crippen LogP contribution in [0, 0.1) is 40.7 Å². The molecular weight excluding hydrogens is 300 g/mol. The van der Waals surface area contributed by atoms with E-state index in [1.165, 1.54) is 18.2 Å². The van der Waals surface area contributed by atoms with Crippen LogP contribution in [0.5, 0.6) is 0 Å². The number of nitro benzene ring substituents is 1. The molecule has 0 heterocycles. The summed E-state index contributed by atoms with van der Waals surface area (Å²) in [5, 5.41) is 24.8. The number of nitrogens with zero attached hydrogens (tertiary/aromatic N) is 1. The van der Waals surface area contributed by atoms with Crippen LogP contribution < -0.4 is 10.4 Å². The quantitative estimate of drug-likeness (QED) is 0.506. The van der Waals surface area contributed by atoms with E-state index in [-0.39, 0.29) is 23.4 Å². The van der Waals surface area contributed by atoms with E-state index in [4.69, 9.17) is 0 Å². The van der Waals surface area contributed by atoms with Gasteiger partial charge in [0.25, 0.3) is 5.69 Å². The first-order valence-electron chi connectivity index (χ1n) is 7.33. The third-order valence-electron chi connectivity index (χ3n) is 4.71. The van der Waals surface area contributed by atoms with E-state index in [0.717, 1.165) is 0 Å². The SMILES string of the molecule is Cc1cc([N+](=O)[O-])ccc1NC(=O)[C@@H]1[C@@H](C(=O)[O-])[C@H]2C=C[C@@H]1C2. The number of carbonyl (C=O) groups is 2. The molecule has 2 bridgehead atoms. The summed E-state index contributed by atoms with van der Waals surface area (Å²) in [7, 11) is 0. The van der Waals surface area contributed by atoms with Crippen LogP contribution in [0.4, 0.5) is 11.4 Å². The molecule has 2 aliphatic carbocycles. The lowest BCUT2D eigenvalue weighted by Gasteiger charge is -2.28. The van der Waals surface area contributed by atoms with Crippen LogP contribution in [-0.4, -0.2) is 16.8 Å². The third-order valence-corrected chi connectivity index (χ3v) is 4.71. The molecule has 1 amide bonds. The van der Waals surface area contributed by atoms with Gasteiger partial charge in [-0.1, -0.05) is 12.2 Å². The maximum Gasteiger partial charge on any atom is 0.269 e. The fraction of sp³-hybridized carbons (Fsp3) is 0.375. The molecule has 7 nitrogen and oxygen atoms in total. The minimum absolute atomic E-state index is 0.0593. The molecule has 0 radical (unpaired) electrons. The predicted molar refractivity (Wildman–Crippen MR) is 79.2 cm³/mol. The number of nitro groups is 1. The largest absolute Gasteiger partial charge is 0.550 e. The van der Waals surface area contributed by atoms with Gasteiger partial charge in [0.15, 0.2) is 0 Å². The summed E-state index contributed by atoms with van der Waals surface area (Å²) < 4.78 is 0. The van der Waals surface area contributed by atoms with Crippen LogP contribution >= 0.6 is 0 Å². The summed E-state index contributed by atoms with van der Waals surface area (Å²) in [4.78, 5) is 34.1. The van der Waals surface area contributed by atoms with Crippen molar-refractivity contribution in [1.82, 2.24) is 0 Å². The Bertz CT molecular complexity index is 727. The maximum absolute atomic E-state index is 12.5. The molecule has 120 valence electrons. The van der Waals surface area contributed by atoms with Gasteiger partial charge < -0.3 is 15.2 Å². The number of amides is 1. The second kappa shape index (κ2) is 5.49. The Morgan fingerprint density at radius 3 is 2.43 bits per heavy atom. The molecule has 3 rings (SSSR count). The van der Waals surface area contributed by atoms with E-state index in [9.17, 15) is 24.8 Å². The van der Waals surface area contributed by atoms with Crippen molar-refractivity contribution < 1.29 is 19.6 Å². The highest BCUT2D eigenvalue weighted by atomic mass is 16.6. The molecule has 0 aromatic heterocycles. The van der Waals surface area contributed by atoms with E-state index in [1.54, 1.807) is 6.92 Å². The third kappa shape index (κ3) is 2.58. The normalized spacial score (nSPS) is 27.9. The van der Waals surface area contributed by atoms with Gasteiger partial charge in [-0.3, -0.25) is 14.9 Å². The van der Waals surface area contributed by atoms with Crippen LogP contribution in [0.2, 0.25) is 0 Å². The van der Waals surface area contributed by atoms with Gasteiger partial charge in [-0.2, -0.15) is 0 Å². The molecular formula is C16H15N2O5-. The number of carbonyl (C=O) groups excluding carboxylic acids is 2. The molecule has 1 aromatic rings. The summed E-state index contributed by atoms with van der Waals surface area (Å²) in [6.45, 7) is 1.65. The maximum atomic E-state index is 12.5. The molecule has 0 saturated heterocycles. The average molecular weight is 315 g/mol. The van der Waals surface area contributed by atoms with Crippen molar-refractivity contribution in [3.05, 3.63) is 46.0 Å². The number of benzene rings is 1. The monoisotopic (exact) mass is 315 g/mol. The highest BCUT2D eigenvalue weighted by Gasteiger charge is 2.48. The number of rotatable bonds is 4. The van der Waals surface area contributed by atoms with Crippen molar-refractivity contribution >= 4 is 23.3 Å². The number of aliphatic carboxylic acids is 1. The number of allylic oxidation sites excluding steroid dienone is 2. The van der Waals surface area contributed by atoms with Crippen molar-refractivity contribution in [2.75, 3.05) is 5.32 Å². The number of carboxylic acids is 1. The first-order chi connectivity index (χ1) is 10.9. The standard InChI is InChI=1S/C16H16N2O5/c1-8-6-11(18(22)23)4-5-12(8)17-15(19)13-9-2-3-10(7-9)14(13)16(20)21/h2-6,9-10,13-14H,7H2,1H3,(H,17,19)(H,20,21)/p-1/t9-,10+,13+,14+/m1/s1. The number of aryl methyl sites for hydroxylation is 1. The molecule has 2 aliphatic rings. The van der Waals surface area contributed by atoms with E-state index < -0.39 is 22.7 Å². The van der Waals surface area contributed by atoms with Gasteiger partial charge >= 0.3 is 0 Å². The molecule has 0 unspecified atom stereocenters. The second-order valence-corrected chi connectivity index (χ2v) is 6.06. The van der Waals surface area contributed by atoms with Crippen LogP contribution in [0.3, 0.4) is 0 Å². The smallest absolute Gasteiger partial charge is 0.269 e. The Balaban J connectivity index is 1.81. The van der Waals surface area contributed by atoms with Crippen molar-refractivity contribution in [3.8, 4) is 0 Å². The number of anilines is 1. The zero-order valence-corrected chi connectivity index (χ0v) is 12.4. The van der Waals surface area contributed by atoms with E-state index in [2.05, 4.69) is 5.32 Å². The zero-order valence-electron chi connectivity index (χ0n) is 12.4. The Hall–Kier alpha value is -2.70. The molecule has 1 fully saturated rings. The highest BCUT2D eigenvalue weighted by molar-refractivity contribution is 5.96. The van der Waals surface area contributed by atoms with Crippen molar-refractivity contribution in [1.29, 1.82) is 0 Å². The van der Waals surface area contributed by atoms with Gasteiger partial charge in [0.2, 0.25) is 5.91 Å². The number of hydrogen-bond acceptors (Lipinski definition) is 5. The molecule has 0 spiro atoms. The minimum atomic E-state index is -1.21. The van der Waals surface area contributed by atoms with Crippen LogP contribution in [-0.2, 0) is 9.59 Å². The van der Waals surface area contributed by atoms with Crippen LogP contribution in [0.15, 0.2) is 30.4 Å². The summed E-state index contributed by atoms with van der Waals surface area (Å²) >= 11 is 0. The minimum Gasteiger partial charge on any atom is -0.550 e. The lowest BCUT2D eigenvalue weighted by Crippen LogP contribution is -2.42. The van der Waals surface area contributed by atoms with Gasteiger partial charge in [-0.05, 0) is 36.8 Å². The summed E-state index contributed by atoms with van der Waals surface area (Å²) in [6.07, 6.45) is 4.37. The number of hydrogen-bond donors (Lipinski definition) is 1. The topological polar surface area (TPSA) is 112 Å². The molecule has 0 aliphatic heterocycles. The Morgan fingerprint density at radius 1 is 1.22 bits per heavy atom. The summed E-state index contributed by atoms with van der Waals surface area (Å²) in [5.74, 6) is -3.32. The summed E-state index contributed by atoms with van der Waals surface area (Å²) in [6, 6.07) is 4.13. The molecule has 4 atom stereocenters. The lowest BCUT2D eigenvalue weighted by molar-refractivity contribution is -0.384. The van der Waals surface area contributed by atoms with Crippen molar-refractivity contribution in [3.63, 3.8) is 0 Å². The van der Waals surface area contributed by atoms with Gasteiger partial charge in [0, 0.05) is 29.7 Å². The van der Waals surface area contributed by atoms with Crippen LogP contribution in [0.25, 0.3) is 0 Å². The average Bonchev–Trinajstić information content (AvgIpc) is 3.09. The molecule has 1 aromatic carbocycles. The van der Waals surface area contributed by atoms with E-state index in [1.807, 2.05) is 12.2 Å². The number of non-ortho nitro benzene ring substituents is 1. The molecule has 23 heavy (non-hydrogen) atoms. The van der Waals surface area contributed by atoms with E-state index in [0.29, 0.717) is 17.7 Å². The lowest BCUT2D eigenvalue weighted by atomic mass is 9.82. The van der Waals surface area contributed by atoms with Gasteiger partial charge in [-0.25, -0.2) is 0 Å².